The highest BCUT2D eigenvalue weighted by atomic mass is 16.5. The second kappa shape index (κ2) is 8.90. The third-order valence-electron chi connectivity index (χ3n) is 3.90. The largest absolute Gasteiger partial charge is 0.497 e. The van der Waals surface area contributed by atoms with Crippen molar-refractivity contribution >= 4 is 18.2 Å². The topological polar surface area (TPSA) is 93.7 Å². The number of ether oxygens (including phenoxy) is 2. The average Bonchev–Trinajstić information content (AvgIpc) is 2.60. The highest BCUT2D eigenvalue weighted by molar-refractivity contribution is 5.95. The van der Waals surface area contributed by atoms with E-state index in [4.69, 9.17) is 9.47 Å². The lowest BCUT2D eigenvalue weighted by Gasteiger charge is -2.22. The Balaban J connectivity index is 1.80. The average molecular weight is 334 g/mol. The molecule has 0 aliphatic heterocycles. The third-order valence-corrected chi connectivity index (χ3v) is 3.90. The zero-order valence-electron chi connectivity index (χ0n) is 13.7. The lowest BCUT2D eigenvalue weighted by atomic mass is 9.96. The fraction of sp³-hybridized carbons (Fsp3) is 0.471. The molecule has 2 N–H and O–H groups in total. The summed E-state index contributed by atoms with van der Waals surface area (Å²) >= 11 is 0. The van der Waals surface area contributed by atoms with Crippen LogP contribution in [0.5, 0.6) is 11.5 Å². The number of nitrogens with one attached hydrogen (secondary N) is 2. The molecule has 1 aliphatic rings. The van der Waals surface area contributed by atoms with Crippen molar-refractivity contribution in [2.75, 3.05) is 13.7 Å². The van der Waals surface area contributed by atoms with Gasteiger partial charge in [-0.3, -0.25) is 14.9 Å². The number of hydrogen-bond donors (Lipinski definition) is 2. The number of amides is 3. The minimum absolute atomic E-state index is 0.121. The molecule has 1 aliphatic carbocycles. The molecule has 24 heavy (non-hydrogen) atoms. The summed E-state index contributed by atoms with van der Waals surface area (Å²) in [5, 5.41) is 5.02. The van der Waals surface area contributed by atoms with Gasteiger partial charge in [-0.15, -0.1) is 0 Å². The van der Waals surface area contributed by atoms with E-state index in [0.717, 1.165) is 25.7 Å². The Morgan fingerprint density at radius 3 is 2.67 bits per heavy atom. The summed E-state index contributed by atoms with van der Waals surface area (Å²) in [6.45, 7) is -0.356. The zero-order chi connectivity index (χ0) is 17.4. The van der Waals surface area contributed by atoms with Crippen LogP contribution in [-0.2, 0) is 4.79 Å². The maximum absolute atomic E-state index is 11.8. The maximum atomic E-state index is 11.8. The lowest BCUT2D eigenvalue weighted by molar-refractivity contribution is -0.122. The number of rotatable bonds is 6. The summed E-state index contributed by atoms with van der Waals surface area (Å²) in [6.07, 6.45) is 5.86. The SMILES string of the molecule is COc1ccc(OCC(=O)NC(=O)NC2CCCCC2)c(C=O)c1. The van der Waals surface area contributed by atoms with E-state index < -0.39 is 11.9 Å². The maximum Gasteiger partial charge on any atom is 0.321 e. The molecule has 0 aromatic heterocycles. The van der Waals surface area contributed by atoms with Gasteiger partial charge in [0.1, 0.15) is 11.5 Å². The molecule has 0 spiro atoms. The molecule has 1 aromatic carbocycles. The van der Waals surface area contributed by atoms with Crippen molar-refractivity contribution in [1.29, 1.82) is 0 Å². The van der Waals surface area contributed by atoms with Crippen LogP contribution in [0.15, 0.2) is 18.2 Å². The fourth-order valence-electron chi connectivity index (χ4n) is 2.65. The number of carbonyl (C=O) groups excluding carboxylic acids is 3. The van der Waals surface area contributed by atoms with Gasteiger partial charge in [-0.2, -0.15) is 0 Å². The van der Waals surface area contributed by atoms with Gasteiger partial charge in [0, 0.05) is 6.04 Å². The quantitative estimate of drug-likeness (QED) is 0.777. The molecule has 1 aromatic rings. The summed E-state index contributed by atoms with van der Waals surface area (Å²) in [5.74, 6) is 0.199. The Bertz CT molecular complexity index is 597. The summed E-state index contributed by atoms with van der Waals surface area (Å²) in [4.78, 5) is 34.6. The van der Waals surface area contributed by atoms with Crippen molar-refractivity contribution < 1.29 is 23.9 Å². The molecule has 0 heterocycles. The van der Waals surface area contributed by atoms with Gasteiger partial charge in [0.25, 0.3) is 5.91 Å². The number of aldehydes is 1. The van der Waals surface area contributed by atoms with Gasteiger partial charge < -0.3 is 14.8 Å². The van der Waals surface area contributed by atoms with E-state index in [1.54, 1.807) is 6.07 Å². The van der Waals surface area contributed by atoms with Gasteiger partial charge in [-0.1, -0.05) is 19.3 Å². The minimum Gasteiger partial charge on any atom is -0.497 e. The van der Waals surface area contributed by atoms with Crippen molar-refractivity contribution in [2.45, 2.75) is 38.1 Å². The normalized spacial score (nSPS) is 14.5. The van der Waals surface area contributed by atoms with Crippen LogP contribution in [0.2, 0.25) is 0 Å². The predicted octanol–water partition coefficient (Wildman–Crippen LogP) is 2.04. The monoisotopic (exact) mass is 334 g/mol. The van der Waals surface area contributed by atoms with Crippen molar-refractivity contribution in [3.8, 4) is 11.5 Å². The van der Waals surface area contributed by atoms with E-state index in [1.165, 1.54) is 25.7 Å². The first-order valence-corrected chi connectivity index (χ1v) is 7.98. The molecular formula is C17H22N2O5. The summed E-state index contributed by atoms with van der Waals surface area (Å²) in [7, 11) is 1.49. The van der Waals surface area contributed by atoms with Crippen LogP contribution in [0.3, 0.4) is 0 Å². The molecule has 7 nitrogen and oxygen atoms in total. The van der Waals surface area contributed by atoms with Crippen LogP contribution in [0, 0.1) is 0 Å². The Hall–Kier alpha value is -2.57. The number of imide groups is 1. The lowest BCUT2D eigenvalue weighted by Crippen LogP contribution is -2.46. The minimum atomic E-state index is -0.573. The Morgan fingerprint density at radius 2 is 2.00 bits per heavy atom. The zero-order valence-corrected chi connectivity index (χ0v) is 13.7. The van der Waals surface area contributed by atoms with E-state index in [-0.39, 0.29) is 24.0 Å². The van der Waals surface area contributed by atoms with Crippen molar-refractivity contribution in [2.24, 2.45) is 0 Å². The first kappa shape index (κ1) is 17.8. The molecule has 2 rings (SSSR count). The second-order valence-corrected chi connectivity index (χ2v) is 5.67. The van der Waals surface area contributed by atoms with Crippen LogP contribution >= 0.6 is 0 Å². The van der Waals surface area contributed by atoms with Crippen LogP contribution < -0.4 is 20.1 Å². The molecule has 7 heteroatoms. The number of carbonyl (C=O) groups is 3. The molecule has 0 radical (unpaired) electrons. The van der Waals surface area contributed by atoms with Gasteiger partial charge in [-0.05, 0) is 31.0 Å². The molecule has 0 unspecified atom stereocenters. The second-order valence-electron chi connectivity index (χ2n) is 5.67. The first-order valence-electron chi connectivity index (χ1n) is 7.98. The van der Waals surface area contributed by atoms with Gasteiger partial charge >= 0.3 is 6.03 Å². The smallest absolute Gasteiger partial charge is 0.321 e. The van der Waals surface area contributed by atoms with Crippen LogP contribution in [0.4, 0.5) is 4.79 Å². The van der Waals surface area contributed by atoms with E-state index in [9.17, 15) is 14.4 Å². The van der Waals surface area contributed by atoms with Gasteiger partial charge in [0.2, 0.25) is 0 Å². The Labute approximate surface area is 140 Å². The van der Waals surface area contributed by atoms with E-state index in [0.29, 0.717) is 12.0 Å². The molecule has 0 bridgehead atoms. The van der Waals surface area contributed by atoms with E-state index in [1.807, 2.05) is 0 Å². The summed E-state index contributed by atoms with van der Waals surface area (Å²) < 4.78 is 10.3. The van der Waals surface area contributed by atoms with Gasteiger partial charge in [0.15, 0.2) is 12.9 Å². The van der Waals surface area contributed by atoms with E-state index in [2.05, 4.69) is 10.6 Å². The van der Waals surface area contributed by atoms with Crippen molar-refractivity contribution in [3.63, 3.8) is 0 Å². The predicted molar refractivity (Wildman–Crippen MR) is 87.4 cm³/mol. The van der Waals surface area contributed by atoms with Crippen LogP contribution in [0.1, 0.15) is 42.5 Å². The first-order chi connectivity index (χ1) is 11.6. The van der Waals surface area contributed by atoms with Crippen molar-refractivity contribution in [1.82, 2.24) is 10.6 Å². The van der Waals surface area contributed by atoms with Crippen LogP contribution in [-0.4, -0.2) is 38.0 Å². The van der Waals surface area contributed by atoms with Crippen LogP contribution in [0.25, 0.3) is 0 Å². The molecule has 1 fully saturated rings. The molecule has 0 atom stereocenters. The molecular weight excluding hydrogens is 312 g/mol. The standard InChI is InChI=1S/C17H22N2O5/c1-23-14-7-8-15(12(9-14)10-20)24-11-16(21)19-17(22)18-13-5-3-2-4-6-13/h7-10,13H,2-6,11H2,1H3,(H2,18,19,21,22). The number of hydrogen-bond acceptors (Lipinski definition) is 5. The van der Waals surface area contributed by atoms with E-state index >= 15 is 0 Å². The highest BCUT2D eigenvalue weighted by Crippen LogP contribution is 2.22. The molecule has 0 saturated heterocycles. The number of benzene rings is 1. The van der Waals surface area contributed by atoms with Gasteiger partial charge in [0.05, 0.1) is 12.7 Å². The summed E-state index contributed by atoms with van der Waals surface area (Å²) in [6, 6.07) is 4.28. The van der Waals surface area contributed by atoms with Crippen molar-refractivity contribution in [3.05, 3.63) is 23.8 Å². The van der Waals surface area contributed by atoms with Gasteiger partial charge in [-0.25, -0.2) is 4.79 Å². The number of urea groups is 1. The Morgan fingerprint density at radius 1 is 1.25 bits per heavy atom. The molecule has 3 amide bonds. The summed E-state index contributed by atoms with van der Waals surface area (Å²) in [5.41, 5.74) is 0.272. The molecule has 130 valence electrons. The third kappa shape index (κ3) is 5.26. The number of methoxy groups -OCH3 is 1. The fourth-order valence-corrected chi connectivity index (χ4v) is 2.65. The highest BCUT2D eigenvalue weighted by Gasteiger charge is 2.17. The molecule has 1 saturated carbocycles. The Kier molecular flexibility index (Phi) is 6.60.